The molecule has 0 saturated carbocycles. The van der Waals surface area contributed by atoms with Crippen molar-refractivity contribution in [2.75, 3.05) is 7.11 Å². The van der Waals surface area contributed by atoms with Crippen molar-refractivity contribution in [3.63, 3.8) is 0 Å². The Morgan fingerprint density at radius 1 is 0.923 bits per heavy atom. The second kappa shape index (κ2) is 11.3. The van der Waals surface area contributed by atoms with Gasteiger partial charge in [-0.15, -0.1) is 0 Å². The van der Waals surface area contributed by atoms with Crippen molar-refractivity contribution >= 4 is 0 Å². The summed E-state index contributed by atoms with van der Waals surface area (Å²) in [5.74, 6) is 0. The van der Waals surface area contributed by atoms with Crippen molar-refractivity contribution in [2.45, 2.75) is 45.4 Å². The molecule has 0 aromatic heterocycles. The summed E-state index contributed by atoms with van der Waals surface area (Å²) in [7, 11) is 1.68. The van der Waals surface area contributed by atoms with Crippen molar-refractivity contribution in [3.05, 3.63) is 24.5 Å². The average molecular weight is 182 g/mol. The van der Waals surface area contributed by atoms with E-state index < -0.39 is 0 Å². The van der Waals surface area contributed by atoms with Gasteiger partial charge in [0.2, 0.25) is 0 Å². The Hall–Kier alpha value is -0.720. The van der Waals surface area contributed by atoms with Crippen molar-refractivity contribution in [3.8, 4) is 0 Å². The molecule has 0 N–H and O–H groups in total. The first-order valence-electron chi connectivity index (χ1n) is 5.24. The van der Waals surface area contributed by atoms with Crippen LogP contribution in [0, 0.1) is 0 Å². The SMILES string of the molecule is CCCCC/C=C/CC/C=C/OC. The Labute approximate surface area is 82.5 Å². The highest BCUT2D eigenvalue weighted by atomic mass is 16.5. The summed E-state index contributed by atoms with van der Waals surface area (Å²) in [5.41, 5.74) is 0. The summed E-state index contributed by atoms with van der Waals surface area (Å²) in [5, 5.41) is 0. The number of rotatable bonds is 8. The number of unbranched alkanes of at least 4 members (excludes halogenated alkanes) is 4. The van der Waals surface area contributed by atoms with Crippen LogP contribution in [-0.4, -0.2) is 7.11 Å². The van der Waals surface area contributed by atoms with Gasteiger partial charge >= 0.3 is 0 Å². The van der Waals surface area contributed by atoms with Crippen LogP contribution in [0.5, 0.6) is 0 Å². The Morgan fingerprint density at radius 2 is 1.62 bits per heavy atom. The Balaban J connectivity index is 3.07. The zero-order chi connectivity index (χ0) is 9.78. The summed E-state index contributed by atoms with van der Waals surface area (Å²) in [4.78, 5) is 0. The van der Waals surface area contributed by atoms with Crippen LogP contribution in [0.3, 0.4) is 0 Å². The minimum absolute atomic E-state index is 1.08. The van der Waals surface area contributed by atoms with Gasteiger partial charge in [0.05, 0.1) is 13.4 Å². The summed E-state index contributed by atoms with van der Waals surface area (Å²) in [6, 6.07) is 0. The zero-order valence-electron chi connectivity index (χ0n) is 8.96. The van der Waals surface area contributed by atoms with Gasteiger partial charge in [-0.2, -0.15) is 0 Å². The lowest BCUT2D eigenvalue weighted by Gasteiger charge is -1.91. The van der Waals surface area contributed by atoms with Gasteiger partial charge in [0.25, 0.3) is 0 Å². The van der Waals surface area contributed by atoms with Crippen LogP contribution >= 0.6 is 0 Å². The monoisotopic (exact) mass is 182 g/mol. The van der Waals surface area contributed by atoms with Crippen molar-refractivity contribution in [1.82, 2.24) is 0 Å². The topological polar surface area (TPSA) is 9.23 Å². The minimum Gasteiger partial charge on any atom is -0.505 e. The molecular weight excluding hydrogens is 160 g/mol. The minimum atomic E-state index is 1.08. The van der Waals surface area contributed by atoms with E-state index >= 15 is 0 Å². The highest BCUT2D eigenvalue weighted by molar-refractivity contribution is 4.85. The standard InChI is InChI=1S/C12H22O/c1-3-4-5-6-7-8-9-10-11-12-13-2/h7-8,11-12H,3-6,9-10H2,1-2H3/b8-7+,12-11+. The third kappa shape index (κ3) is 11.3. The molecule has 0 radical (unpaired) electrons. The lowest BCUT2D eigenvalue weighted by atomic mass is 10.2. The molecule has 0 aliphatic heterocycles. The first-order valence-corrected chi connectivity index (χ1v) is 5.24. The number of methoxy groups -OCH3 is 1. The molecule has 0 rings (SSSR count). The Morgan fingerprint density at radius 3 is 2.31 bits per heavy atom. The largest absolute Gasteiger partial charge is 0.505 e. The third-order valence-corrected chi connectivity index (χ3v) is 1.87. The van der Waals surface area contributed by atoms with E-state index in [1.807, 2.05) is 0 Å². The van der Waals surface area contributed by atoms with Crippen LogP contribution in [0.2, 0.25) is 0 Å². The molecule has 0 heterocycles. The Bertz CT molecular complexity index is 136. The van der Waals surface area contributed by atoms with E-state index in [0.717, 1.165) is 12.8 Å². The highest BCUT2D eigenvalue weighted by Gasteiger charge is 1.81. The van der Waals surface area contributed by atoms with E-state index in [2.05, 4.69) is 25.2 Å². The molecule has 76 valence electrons. The third-order valence-electron chi connectivity index (χ3n) is 1.87. The van der Waals surface area contributed by atoms with Crippen LogP contribution in [0.15, 0.2) is 24.5 Å². The van der Waals surface area contributed by atoms with Gasteiger partial charge in [-0.3, -0.25) is 0 Å². The predicted molar refractivity (Wildman–Crippen MR) is 58.7 cm³/mol. The van der Waals surface area contributed by atoms with Crippen LogP contribution in [0.1, 0.15) is 45.4 Å². The molecule has 0 aromatic rings. The van der Waals surface area contributed by atoms with Gasteiger partial charge in [0.15, 0.2) is 0 Å². The quantitative estimate of drug-likeness (QED) is 0.312. The van der Waals surface area contributed by atoms with E-state index in [4.69, 9.17) is 4.74 Å². The van der Waals surface area contributed by atoms with Gasteiger partial charge in [-0.1, -0.05) is 31.9 Å². The van der Waals surface area contributed by atoms with Gasteiger partial charge < -0.3 is 4.74 Å². The van der Waals surface area contributed by atoms with Gasteiger partial charge in [0, 0.05) is 0 Å². The highest BCUT2D eigenvalue weighted by Crippen LogP contribution is 2.01. The van der Waals surface area contributed by atoms with E-state index in [0.29, 0.717) is 0 Å². The molecule has 1 heteroatoms. The van der Waals surface area contributed by atoms with Crippen molar-refractivity contribution in [1.29, 1.82) is 0 Å². The molecule has 0 amide bonds. The first kappa shape index (κ1) is 12.3. The van der Waals surface area contributed by atoms with E-state index in [1.165, 1.54) is 25.7 Å². The first-order chi connectivity index (χ1) is 6.41. The fourth-order valence-electron chi connectivity index (χ4n) is 1.10. The summed E-state index contributed by atoms with van der Waals surface area (Å²) in [6.45, 7) is 2.24. The fraction of sp³-hybridized carbons (Fsp3) is 0.667. The molecule has 0 aliphatic carbocycles. The van der Waals surface area contributed by atoms with Crippen LogP contribution in [-0.2, 0) is 4.74 Å². The number of hydrogen-bond donors (Lipinski definition) is 0. The normalized spacial score (nSPS) is 11.5. The molecule has 0 bridgehead atoms. The van der Waals surface area contributed by atoms with E-state index in [1.54, 1.807) is 13.4 Å². The van der Waals surface area contributed by atoms with Crippen LogP contribution < -0.4 is 0 Å². The van der Waals surface area contributed by atoms with E-state index in [9.17, 15) is 0 Å². The van der Waals surface area contributed by atoms with Crippen molar-refractivity contribution in [2.24, 2.45) is 0 Å². The van der Waals surface area contributed by atoms with Crippen LogP contribution in [0.4, 0.5) is 0 Å². The van der Waals surface area contributed by atoms with E-state index in [-0.39, 0.29) is 0 Å². The summed E-state index contributed by atoms with van der Waals surface area (Å²) >= 11 is 0. The predicted octanol–water partition coefficient (Wildman–Crippen LogP) is 4.06. The molecule has 0 spiro atoms. The lowest BCUT2D eigenvalue weighted by molar-refractivity contribution is 0.336. The maximum atomic E-state index is 4.80. The summed E-state index contributed by atoms with van der Waals surface area (Å²) in [6.07, 6.45) is 15.8. The maximum absolute atomic E-state index is 4.80. The van der Waals surface area contributed by atoms with Crippen molar-refractivity contribution < 1.29 is 4.74 Å². The molecule has 0 atom stereocenters. The maximum Gasteiger partial charge on any atom is 0.0784 e. The molecule has 1 nitrogen and oxygen atoms in total. The lowest BCUT2D eigenvalue weighted by Crippen LogP contribution is -1.71. The fourth-order valence-corrected chi connectivity index (χ4v) is 1.10. The molecule has 0 unspecified atom stereocenters. The second-order valence-corrected chi connectivity index (χ2v) is 3.15. The van der Waals surface area contributed by atoms with Gasteiger partial charge in [-0.25, -0.2) is 0 Å². The molecule has 0 aromatic carbocycles. The van der Waals surface area contributed by atoms with Crippen LogP contribution in [0.25, 0.3) is 0 Å². The molecule has 13 heavy (non-hydrogen) atoms. The van der Waals surface area contributed by atoms with Gasteiger partial charge in [0.1, 0.15) is 0 Å². The number of ether oxygens (including phenoxy) is 1. The molecular formula is C12H22O. The summed E-state index contributed by atoms with van der Waals surface area (Å²) < 4.78 is 4.80. The Kier molecular flexibility index (Phi) is 10.7. The van der Waals surface area contributed by atoms with Gasteiger partial charge in [-0.05, 0) is 31.8 Å². The number of allylic oxidation sites excluding steroid dienone is 3. The molecule has 0 fully saturated rings. The zero-order valence-corrected chi connectivity index (χ0v) is 8.96. The molecule has 0 aliphatic rings. The second-order valence-electron chi connectivity index (χ2n) is 3.15. The average Bonchev–Trinajstić information content (AvgIpc) is 2.16. The smallest absolute Gasteiger partial charge is 0.0784 e. The molecule has 0 saturated heterocycles. The number of hydrogen-bond acceptors (Lipinski definition) is 1.